The summed E-state index contributed by atoms with van der Waals surface area (Å²) in [7, 11) is 0. The molecule has 0 spiro atoms. The lowest BCUT2D eigenvalue weighted by Gasteiger charge is -2.12. The number of anilines is 1. The van der Waals surface area contributed by atoms with Gasteiger partial charge in [0.05, 0.1) is 5.69 Å². The molecule has 1 aliphatic carbocycles. The van der Waals surface area contributed by atoms with Gasteiger partial charge in [-0.2, -0.15) is 5.10 Å². The van der Waals surface area contributed by atoms with Crippen molar-refractivity contribution in [2.24, 2.45) is 0 Å². The molecule has 126 valence electrons. The average Bonchev–Trinajstić information content (AvgIpc) is 3.29. The summed E-state index contributed by atoms with van der Waals surface area (Å²) in [5, 5.41) is 6.87. The van der Waals surface area contributed by atoms with Gasteiger partial charge in [0.1, 0.15) is 22.9 Å². The van der Waals surface area contributed by atoms with E-state index in [-0.39, 0.29) is 17.4 Å². The van der Waals surface area contributed by atoms with E-state index in [2.05, 4.69) is 20.4 Å². The van der Waals surface area contributed by atoms with E-state index >= 15 is 0 Å². The third kappa shape index (κ3) is 2.86. The molecule has 1 aromatic carbocycles. The predicted molar refractivity (Wildman–Crippen MR) is 85.1 cm³/mol. The van der Waals surface area contributed by atoms with Gasteiger partial charge < -0.3 is 5.32 Å². The highest BCUT2D eigenvalue weighted by atomic mass is 19.1. The summed E-state index contributed by atoms with van der Waals surface area (Å²) in [6.45, 7) is 0. The largest absolute Gasteiger partial charge is 0.308 e. The second kappa shape index (κ2) is 5.73. The molecule has 0 atom stereocenters. The Morgan fingerprint density at radius 3 is 2.44 bits per heavy atom. The van der Waals surface area contributed by atoms with Gasteiger partial charge in [0.15, 0.2) is 5.82 Å². The van der Waals surface area contributed by atoms with Crippen LogP contribution in [0.3, 0.4) is 0 Å². The highest BCUT2D eigenvalue weighted by Crippen LogP contribution is 2.47. The van der Waals surface area contributed by atoms with E-state index in [1.54, 1.807) is 24.5 Å². The van der Waals surface area contributed by atoms with Gasteiger partial charge in [0.2, 0.25) is 5.91 Å². The maximum Gasteiger partial charge on any atom is 0.239 e. The molecule has 4 rings (SSSR count). The zero-order chi connectivity index (χ0) is 17.4. The number of halogens is 2. The number of aromatic nitrogens is 4. The molecule has 0 radical (unpaired) electrons. The van der Waals surface area contributed by atoms with Crippen molar-refractivity contribution in [2.75, 3.05) is 5.32 Å². The molecule has 1 fully saturated rings. The van der Waals surface area contributed by atoms with Crippen molar-refractivity contribution in [3.63, 3.8) is 0 Å². The molecular formula is C17H13F2N5O. The molecular weight excluding hydrogens is 328 g/mol. The Labute approximate surface area is 141 Å². The first-order valence-corrected chi connectivity index (χ1v) is 7.68. The van der Waals surface area contributed by atoms with Gasteiger partial charge in [-0.25, -0.2) is 23.4 Å². The fourth-order valence-corrected chi connectivity index (χ4v) is 2.67. The number of amides is 1. The number of rotatable bonds is 4. The minimum atomic E-state index is -0.726. The summed E-state index contributed by atoms with van der Waals surface area (Å²) < 4.78 is 27.9. The van der Waals surface area contributed by atoms with E-state index in [9.17, 15) is 13.6 Å². The monoisotopic (exact) mass is 341 g/mol. The summed E-state index contributed by atoms with van der Waals surface area (Å²) in [6.07, 6.45) is 6.05. The molecule has 0 unspecified atom stereocenters. The van der Waals surface area contributed by atoms with Gasteiger partial charge in [-0.3, -0.25) is 4.79 Å². The summed E-state index contributed by atoms with van der Waals surface area (Å²) in [4.78, 5) is 20.9. The summed E-state index contributed by atoms with van der Waals surface area (Å²) in [6, 6.07) is 6.34. The maximum absolute atomic E-state index is 13.3. The quantitative estimate of drug-likeness (QED) is 0.792. The Balaban J connectivity index is 1.55. The molecule has 8 heteroatoms. The van der Waals surface area contributed by atoms with Gasteiger partial charge >= 0.3 is 0 Å². The molecule has 2 aromatic heterocycles. The number of hydrogen-bond donors (Lipinski definition) is 1. The SMILES string of the molecule is O=C(Nc1ccn(-c2cc(F)cc(F)c2)n1)C1(c2ncccn2)CC1. The van der Waals surface area contributed by atoms with Gasteiger partial charge in [-0.1, -0.05) is 0 Å². The lowest BCUT2D eigenvalue weighted by Crippen LogP contribution is -2.29. The minimum Gasteiger partial charge on any atom is -0.308 e. The van der Waals surface area contributed by atoms with Crippen LogP contribution in [0.1, 0.15) is 18.7 Å². The molecule has 0 saturated heterocycles. The van der Waals surface area contributed by atoms with Gasteiger partial charge in [0.25, 0.3) is 0 Å². The molecule has 1 saturated carbocycles. The van der Waals surface area contributed by atoms with Crippen molar-refractivity contribution in [2.45, 2.75) is 18.3 Å². The van der Waals surface area contributed by atoms with Gasteiger partial charge in [0, 0.05) is 30.7 Å². The molecule has 25 heavy (non-hydrogen) atoms. The molecule has 1 N–H and O–H groups in total. The number of carbonyl (C=O) groups is 1. The lowest BCUT2D eigenvalue weighted by atomic mass is 10.1. The molecule has 6 nitrogen and oxygen atoms in total. The van der Waals surface area contributed by atoms with Gasteiger partial charge in [-0.05, 0) is 31.0 Å². The van der Waals surface area contributed by atoms with E-state index in [0.717, 1.165) is 18.2 Å². The standard InChI is InChI=1S/C17H13F2N5O/c18-11-8-12(19)10-13(9-11)24-7-2-14(23-24)22-16(25)17(3-4-17)15-20-5-1-6-21-15/h1-2,5-10H,3-4H2,(H,22,23,25). The molecule has 2 heterocycles. The number of benzene rings is 1. The van der Waals surface area contributed by atoms with E-state index in [1.807, 2.05) is 0 Å². The van der Waals surface area contributed by atoms with Crippen molar-refractivity contribution in [1.82, 2.24) is 19.7 Å². The zero-order valence-electron chi connectivity index (χ0n) is 13.0. The topological polar surface area (TPSA) is 72.7 Å². The summed E-state index contributed by atoms with van der Waals surface area (Å²) in [5.74, 6) is -0.867. The Bertz CT molecular complexity index is 917. The molecule has 0 aliphatic heterocycles. The van der Waals surface area contributed by atoms with Crippen molar-refractivity contribution in [3.8, 4) is 5.69 Å². The second-order valence-corrected chi connectivity index (χ2v) is 5.88. The Hall–Kier alpha value is -3.16. The van der Waals surface area contributed by atoms with E-state index in [1.165, 1.54) is 10.9 Å². The average molecular weight is 341 g/mol. The molecule has 3 aromatic rings. The van der Waals surface area contributed by atoms with Crippen LogP contribution in [-0.2, 0) is 10.2 Å². The number of carbonyl (C=O) groups excluding carboxylic acids is 1. The van der Waals surface area contributed by atoms with Gasteiger partial charge in [-0.15, -0.1) is 0 Å². The number of nitrogens with one attached hydrogen (secondary N) is 1. The third-order valence-electron chi connectivity index (χ3n) is 4.12. The molecule has 0 bridgehead atoms. The van der Waals surface area contributed by atoms with Crippen molar-refractivity contribution in [3.05, 3.63) is 66.4 Å². The molecule has 1 amide bonds. The zero-order valence-corrected chi connectivity index (χ0v) is 13.0. The van der Waals surface area contributed by atoms with E-state index < -0.39 is 17.0 Å². The van der Waals surface area contributed by atoms with Crippen LogP contribution in [0.2, 0.25) is 0 Å². The predicted octanol–water partition coefficient (Wildman–Crippen LogP) is 2.61. The highest BCUT2D eigenvalue weighted by molar-refractivity contribution is 6.00. The Morgan fingerprint density at radius 1 is 1.12 bits per heavy atom. The Morgan fingerprint density at radius 2 is 1.80 bits per heavy atom. The Kier molecular flexibility index (Phi) is 3.52. The van der Waals surface area contributed by atoms with Crippen molar-refractivity contribution >= 4 is 11.7 Å². The fourth-order valence-electron chi connectivity index (χ4n) is 2.67. The summed E-state index contributed by atoms with van der Waals surface area (Å²) >= 11 is 0. The van der Waals surface area contributed by atoms with Crippen LogP contribution in [0.25, 0.3) is 5.69 Å². The van der Waals surface area contributed by atoms with Crippen LogP contribution in [0.4, 0.5) is 14.6 Å². The smallest absolute Gasteiger partial charge is 0.239 e. The lowest BCUT2D eigenvalue weighted by molar-refractivity contribution is -0.118. The van der Waals surface area contributed by atoms with Crippen LogP contribution in [0.15, 0.2) is 48.9 Å². The third-order valence-corrected chi connectivity index (χ3v) is 4.12. The summed E-state index contributed by atoms with van der Waals surface area (Å²) in [5.41, 5.74) is -0.499. The van der Waals surface area contributed by atoms with Crippen LogP contribution in [-0.4, -0.2) is 25.7 Å². The fraction of sp³-hybridized carbons (Fsp3) is 0.176. The van der Waals surface area contributed by atoms with Crippen LogP contribution in [0.5, 0.6) is 0 Å². The van der Waals surface area contributed by atoms with E-state index in [0.29, 0.717) is 18.7 Å². The first-order valence-electron chi connectivity index (χ1n) is 7.68. The van der Waals surface area contributed by atoms with Crippen LogP contribution >= 0.6 is 0 Å². The minimum absolute atomic E-state index is 0.227. The maximum atomic E-state index is 13.3. The van der Waals surface area contributed by atoms with Crippen LogP contribution in [0, 0.1) is 11.6 Å². The van der Waals surface area contributed by atoms with Crippen molar-refractivity contribution < 1.29 is 13.6 Å². The van der Waals surface area contributed by atoms with Crippen molar-refractivity contribution in [1.29, 1.82) is 0 Å². The normalized spacial score (nSPS) is 15.0. The van der Waals surface area contributed by atoms with Crippen LogP contribution < -0.4 is 5.32 Å². The number of nitrogens with zero attached hydrogens (tertiary/aromatic N) is 4. The first kappa shape index (κ1) is 15.4. The number of hydrogen-bond acceptors (Lipinski definition) is 4. The highest BCUT2D eigenvalue weighted by Gasteiger charge is 2.54. The molecule has 1 aliphatic rings. The first-order chi connectivity index (χ1) is 12.1. The second-order valence-electron chi connectivity index (χ2n) is 5.88. The van der Waals surface area contributed by atoms with E-state index in [4.69, 9.17) is 0 Å².